The molecule has 0 spiro atoms. The lowest BCUT2D eigenvalue weighted by molar-refractivity contribution is -0.132. The van der Waals surface area contributed by atoms with Gasteiger partial charge in [-0.05, 0) is 12.8 Å². The van der Waals surface area contributed by atoms with Gasteiger partial charge < -0.3 is 10.0 Å². The Morgan fingerprint density at radius 1 is 0.472 bits per heavy atom. The molecule has 0 aromatic rings. The quantitative estimate of drug-likeness (QED) is 0.0846. The minimum atomic E-state index is -1.06. The lowest BCUT2D eigenvalue weighted by Gasteiger charge is -2.21. The van der Waals surface area contributed by atoms with Crippen LogP contribution in [-0.2, 0) is 9.59 Å². The zero-order valence-electron chi connectivity index (χ0n) is 24.3. The molecule has 1 N–H and O–H groups in total. The number of carboxylic acids is 1. The SMILES string of the molecule is CCCCCCCCCCCCCCN(CCCCCCCCCCCCCC)C(=O)/C=C/C(=O)O. The van der Waals surface area contributed by atoms with Crippen molar-refractivity contribution >= 4 is 11.9 Å². The molecule has 0 aromatic heterocycles. The molecule has 0 unspecified atom stereocenters. The Labute approximate surface area is 224 Å². The number of carboxylic acid groups (broad SMARTS) is 1. The lowest BCUT2D eigenvalue weighted by atomic mass is 10.0. The van der Waals surface area contributed by atoms with Gasteiger partial charge in [-0.1, -0.05) is 155 Å². The molecule has 0 radical (unpaired) electrons. The number of amides is 1. The first-order valence-corrected chi connectivity index (χ1v) is 15.8. The summed E-state index contributed by atoms with van der Waals surface area (Å²) in [5.74, 6) is -1.21. The van der Waals surface area contributed by atoms with E-state index in [4.69, 9.17) is 5.11 Å². The normalized spacial score (nSPS) is 11.4. The summed E-state index contributed by atoms with van der Waals surface area (Å²) in [6.45, 7) is 6.03. The summed E-state index contributed by atoms with van der Waals surface area (Å²) in [6.07, 6.45) is 33.5. The standard InChI is InChI=1S/C32H61NO3/c1-3-5-7-9-11-13-15-17-19-21-23-25-29-33(31(34)27-28-32(35)36)30-26-24-22-20-18-16-14-12-10-8-6-4-2/h27-28H,3-26,29-30H2,1-2H3,(H,35,36)/b28-27+. The molecule has 0 heterocycles. The number of nitrogens with zero attached hydrogens (tertiary/aromatic N) is 1. The van der Waals surface area contributed by atoms with Crippen molar-refractivity contribution in [2.45, 2.75) is 168 Å². The minimum Gasteiger partial charge on any atom is -0.478 e. The molecule has 0 aliphatic heterocycles. The Morgan fingerprint density at radius 2 is 0.750 bits per heavy atom. The number of unbranched alkanes of at least 4 members (excludes halogenated alkanes) is 22. The summed E-state index contributed by atoms with van der Waals surface area (Å²) in [4.78, 5) is 25.2. The maximum atomic E-state index is 12.5. The molecule has 0 saturated heterocycles. The first kappa shape index (κ1) is 34.7. The average Bonchev–Trinajstić information content (AvgIpc) is 2.87. The first-order valence-electron chi connectivity index (χ1n) is 15.8. The molecule has 4 heteroatoms. The van der Waals surface area contributed by atoms with E-state index in [9.17, 15) is 9.59 Å². The monoisotopic (exact) mass is 507 g/mol. The van der Waals surface area contributed by atoms with Crippen LogP contribution >= 0.6 is 0 Å². The fourth-order valence-corrected chi connectivity index (χ4v) is 4.87. The van der Waals surface area contributed by atoms with Crippen molar-refractivity contribution < 1.29 is 14.7 Å². The Morgan fingerprint density at radius 3 is 1.03 bits per heavy atom. The molecule has 36 heavy (non-hydrogen) atoms. The van der Waals surface area contributed by atoms with Gasteiger partial charge in [0.25, 0.3) is 0 Å². The van der Waals surface area contributed by atoms with Crippen LogP contribution in [0.3, 0.4) is 0 Å². The first-order chi connectivity index (χ1) is 17.6. The van der Waals surface area contributed by atoms with E-state index in [2.05, 4.69) is 13.8 Å². The van der Waals surface area contributed by atoms with Crippen molar-refractivity contribution in [1.29, 1.82) is 0 Å². The van der Waals surface area contributed by atoms with Gasteiger partial charge in [-0.15, -0.1) is 0 Å². The molecule has 0 aliphatic rings. The third-order valence-electron chi connectivity index (χ3n) is 7.24. The minimum absolute atomic E-state index is 0.149. The molecule has 0 bridgehead atoms. The summed E-state index contributed by atoms with van der Waals surface area (Å²) in [5.41, 5.74) is 0. The Kier molecular flexibility index (Phi) is 27.2. The summed E-state index contributed by atoms with van der Waals surface area (Å²) in [6, 6.07) is 0. The van der Waals surface area contributed by atoms with Crippen LogP contribution in [0.5, 0.6) is 0 Å². The smallest absolute Gasteiger partial charge is 0.328 e. The van der Waals surface area contributed by atoms with Gasteiger partial charge >= 0.3 is 5.97 Å². The van der Waals surface area contributed by atoms with E-state index in [1.165, 1.54) is 134 Å². The van der Waals surface area contributed by atoms with Crippen molar-refractivity contribution in [3.8, 4) is 0 Å². The summed E-state index contributed by atoms with van der Waals surface area (Å²) >= 11 is 0. The highest BCUT2D eigenvalue weighted by Crippen LogP contribution is 2.14. The third kappa shape index (κ3) is 25.8. The zero-order valence-corrected chi connectivity index (χ0v) is 24.3. The van der Waals surface area contributed by atoms with Gasteiger partial charge in [-0.2, -0.15) is 0 Å². The number of hydrogen-bond acceptors (Lipinski definition) is 2. The van der Waals surface area contributed by atoms with Crippen LogP contribution in [0.1, 0.15) is 168 Å². The molecule has 1 amide bonds. The largest absolute Gasteiger partial charge is 0.478 e. The molecule has 0 aliphatic carbocycles. The van der Waals surface area contributed by atoms with Crippen LogP contribution in [0, 0.1) is 0 Å². The molecule has 0 aromatic carbocycles. The van der Waals surface area contributed by atoms with Gasteiger partial charge in [0.2, 0.25) is 5.91 Å². The third-order valence-corrected chi connectivity index (χ3v) is 7.24. The number of carbonyl (C=O) groups excluding carboxylic acids is 1. The molecule has 212 valence electrons. The fraction of sp³-hybridized carbons (Fsp3) is 0.875. The van der Waals surface area contributed by atoms with Crippen LogP contribution in [0.15, 0.2) is 12.2 Å². The van der Waals surface area contributed by atoms with Crippen molar-refractivity contribution in [3.63, 3.8) is 0 Å². The van der Waals surface area contributed by atoms with E-state index in [0.29, 0.717) is 0 Å². The summed E-state index contributed by atoms with van der Waals surface area (Å²) in [7, 11) is 0. The van der Waals surface area contributed by atoms with Crippen molar-refractivity contribution in [3.05, 3.63) is 12.2 Å². The Bertz CT molecular complexity index is 490. The van der Waals surface area contributed by atoms with Crippen molar-refractivity contribution in [2.24, 2.45) is 0 Å². The van der Waals surface area contributed by atoms with Crippen LogP contribution in [-0.4, -0.2) is 35.0 Å². The second-order valence-electron chi connectivity index (χ2n) is 10.8. The highest BCUT2D eigenvalue weighted by molar-refractivity contribution is 5.93. The molecular weight excluding hydrogens is 446 g/mol. The van der Waals surface area contributed by atoms with Gasteiger partial charge in [0.05, 0.1) is 0 Å². The summed E-state index contributed by atoms with van der Waals surface area (Å²) < 4.78 is 0. The van der Waals surface area contributed by atoms with Gasteiger partial charge in [0.1, 0.15) is 0 Å². The zero-order chi connectivity index (χ0) is 26.5. The topological polar surface area (TPSA) is 57.6 Å². The molecule has 4 nitrogen and oxygen atoms in total. The van der Waals surface area contributed by atoms with Gasteiger partial charge in [0, 0.05) is 25.2 Å². The van der Waals surface area contributed by atoms with E-state index in [0.717, 1.165) is 44.8 Å². The second kappa shape index (κ2) is 28.3. The predicted molar refractivity (Wildman–Crippen MR) is 156 cm³/mol. The average molecular weight is 508 g/mol. The molecule has 0 atom stereocenters. The van der Waals surface area contributed by atoms with Gasteiger partial charge in [-0.3, -0.25) is 4.79 Å². The van der Waals surface area contributed by atoms with E-state index < -0.39 is 5.97 Å². The van der Waals surface area contributed by atoms with E-state index in [1.54, 1.807) is 0 Å². The maximum Gasteiger partial charge on any atom is 0.328 e. The Balaban J connectivity index is 3.89. The van der Waals surface area contributed by atoms with Gasteiger partial charge in [0.15, 0.2) is 0 Å². The lowest BCUT2D eigenvalue weighted by Crippen LogP contribution is -2.31. The van der Waals surface area contributed by atoms with Crippen molar-refractivity contribution in [2.75, 3.05) is 13.1 Å². The number of aliphatic carboxylic acids is 1. The summed E-state index contributed by atoms with van der Waals surface area (Å²) in [5, 5.41) is 8.86. The number of rotatable bonds is 28. The molecule has 0 saturated carbocycles. The van der Waals surface area contributed by atoms with Crippen LogP contribution in [0.4, 0.5) is 0 Å². The van der Waals surface area contributed by atoms with Crippen molar-refractivity contribution in [1.82, 2.24) is 4.90 Å². The highest BCUT2D eigenvalue weighted by atomic mass is 16.4. The van der Waals surface area contributed by atoms with Gasteiger partial charge in [-0.25, -0.2) is 4.79 Å². The highest BCUT2D eigenvalue weighted by Gasteiger charge is 2.10. The van der Waals surface area contributed by atoms with Crippen LogP contribution in [0.25, 0.3) is 0 Å². The predicted octanol–water partition coefficient (Wildman–Crippen LogP) is 9.86. The molecular formula is C32H61NO3. The molecule has 0 fully saturated rings. The molecule has 0 rings (SSSR count). The maximum absolute atomic E-state index is 12.5. The fourth-order valence-electron chi connectivity index (χ4n) is 4.87. The van der Waals surface area contributed by atoms with E-state index in [-0.39, 0.29) is 5.91 Å². The van der Waals surface area contributed by atoms with E-state index >= 15 is 0 Å². The second-order valence-corrected chi connectivity index (χ2v) is 10.8. The van der Waals surface area contributed by atoms with Crippen LogP contribution in [0.2, 0.25) is 0 Å². The number of hydrogen-bond donors (Lipinski definition) is 1. The van der Waals surface area contributed by atoms with Crippen LogP contribution < -0.4 is 0 Å². The van der Waals surface area contributed by atoms with E-state index in [1.807, 2.05) is 4.90 Å². The number of carbonyl (C=O) groups is 2. The Hall–Kier alpha value is -1.32.